The van der Waals surface area contributed by atoms with Gasteiger partial charge in [-0.25, -0.2) is 29.0 Å². The molecule has 0 unspecified atom stereocenters. The van der Waals surface area contributed by atoms with Crippen LogP contribution >= 0.6 is 25.8 Å². The van der Waals surface area contributed by atoms with Crippen LogP contribution in [0.5, 0.6) is 0 Å². The number of fused-ring (bicyclic) bond motifs is 5. The van der Waals surface area contributed by atoms with Gasteiger partial charge in [0.05, 0.1) is 54.5 Å². The van der Waals surface area contributed by atoms with Gasteiger partial charge in [0.25, 0.3) is 12.1 Å². The predicted octanol–water partition coefficient (Wildman–Crippen LogP) is 3.29. The lowest BCUT2D eigenvalue weighted by molar-refractivity contribution is -0.161. The van der Waals surface area contributed by atoms with Gasteiger partial charge in [0.15, 0.2) is 28.9 Å². The van der Waals surface area contributed by atoms with Crippen molar-refractivity contribution in [2.75, 3.05) is 44.5 Å². The number of ether oxygens (including phenoxy) is 4. The molecule has 2 saturated heterocycles. The molecule has 0 radical (unpaired) electrons. The van der Waals surface area contributed by atoms with E-state index >= 15 is 9.13 Å². The molecule has 6 heterocycles. The van der Waals surface area contributed by atoms with Crippen molar-refractivity contribution in [3.8, 4) is 0 Å². The van der Waals surface area contributed by atoms with Gasteiger partial charge < -0.3 is 44.6 Å². The first-order chi connectivity index (χ1) is 29.0. The van der Waals surface area contributed by atoms with E-state index in [-0.39, 0.29) is 40.5 Å². The Labute approximate surface area is 358 Å². The number of rotatable bonds is 9. The molecule has 3 fully saturated rings. The number of nitrogens with zero attached hydrogens (tertiary/aromatic N) is 7. The molecule has 3 aliphatic rings. The third kappa shape index (κ3) is 8.76. The SMILES string of the molecule is CO[C@H]1[C@H]2O[P@](=O)(OCOC(=O)C(C)(C)C)OC[C@@]3(C)C[C@@H](n4cnc5c(N)ncnc54)[C@H](O)[C@@H]3[P@@](=O)(SCOC(=O)C(C)(C)C)OC[C@H]1O[C@H]2n1cnc2c(=O)[nH]c(N)nc21. The summed E-state index contributed by atoms with van der Waals surface area (Å²) in [7, 11) is -3.64. The number of H-pyrrole nitrogens is 1. The Morgan fingerprint density at radius 2 is 1.68 bits per heavy atom. The minimum Gasteiger partial charge on any atom is -0.454 e. The quantitative estimate of drug-likeness (QED) is 0.106. The van der Waals surface area contributed by atoms with Crippen LogP contribution in [0.25, 0.3) is 22.3 Å². The standard InChI is InChI=1S/C35H50N10O14P2S/c1-33(2,3)30(48)53-15-57-61(51)56-11-35(7)9-17(44-13-40-19-25(36)38-12-39-26(19)44)21(46)24(35)60(50,62-16-54-31(49)34(4,5)6)55-10-18-22(52-8)23(59-61)29(58-18)45-14-41-20-27(45)42-32(37)43-28(20)47/h12-14,17-18,21-24,29,46H,9-11,15-16H2,1-8H3,(H2,36,38,39)(H3,37,42,43,47)/t17-,18-,21+,22-,23-,24+,29-,35-,60+,61+/m1/s1. The first kappa shape index (κ1) is 46.0. The zero-order valence-corrected chi connectivity index (χ0v) is 37.8. The van der Waals surface area contributed by atoms with Gasteiger partial charge in [0, 0.05) is 12.5 Å². The van der Waals surface area contributed by atoms with Crippen LogP contribution in [0.15, 0.2) is 23.8 Å². The first-order valence-electron chi connectivity index (χ1n) is 19.3. The number of hydrogen-bond acceptors (Lipinski definition) is 22. The molecule has 4 aromatic rings. The Balaban J connectivity index is 1.33. The molecule has 27 heteroatoms. The topological polar surface area (TPSA) is 322 Å². The number of carbonyl (C=O) groups is 2. The number of nitrogens with two attached hydrogens (primary N) is 2. The number of methoxy groups -OCH3 is 1. The summed E-state index contributed by atoms with van der Waals surface area (Å²) in [4.78, 5) is 62.0. The molecule has 24 nitrogen and oxygen atoms in total. The Morgan fingerprint density at radius 3 is 2.37 bits per heavy atom. The number of aliphatic hydroxyl groups is 1. The van der Waals surface area contributed by atoms with Gasteiger partial charge in [-0.1, -0.05) is 6.92 Å². The average molecular weight is 929 g/mol. The minimum atomic E-state index is -4.95. The molecule has 4 aromatic heterocycles. The van der Waals surface area contributed by atoms with E-state index in [9.17, 15) is 19.5 Å². The van der Waals surface area contributed by atoms with Gasteiger partial charge in [0.2, 0.25) is 12.7 Å². The van der Waals surface area contributed by atoms with Gasteiger partial charge in [-0.15, -0.1) is 0 Å². The molecular formula is C35H50N10O14P2S. The number of phosphoric acid groups is 1. The third-order valence-electron chi connectivity index (χ3n) is 10.7. The van der Waals surface area contributed by atoms with Gasteiger partial charge >= 0.3 is 19.8 Å². The van der Waals surface area contributed by atoms with Crippen molar-refractivity contribution >= 4 is 71.8 Å². The molecule has 340 valence electrons. The largest absolute Gasteiger partial charge is 0.478 e. The fourth-order valence-corrected chi connectivity index (χ4v) is 14.2. The second kappa shape index (κ2) is 16.8. The van der Waals surface area contributed by atoms with Crippen molar-refractivity contribution in [3.63, 3.8) is 0 Å². The summed E-state index contributed by atoms with van der Waals surface area (Å²) in [6.07, 6.45) is -2.85. The first-order valence-corrected chi connectivity index (χ1v) is 24.1. The summed E-state index contributed by atoms with van der Waals surface area (Å²) in [5, 5.41) is 12.4. The van der Waals surface area contributed by atoms with E-state index in [1.165, 1.54) is 30.7 Å². The molecule has 1 aliphatic carbocycles. The number of aliphatic hydroxyl groups excluding tert-OH is 1. The fourth-order valence-electron chi connectivity index (χ4n) is 7.60. The molecule has 7 rings (SSSR count). The molecule has 0 amide bonds. The van der Waals surface area contributed by atoms with Crippen LogP contribution in [-0.2, 0) is 55.8 Å². The van der Waals surface area contributed by atoms with Crippen LogP contribution in [0.2, 0.25) is 0 Å². The average Bonchev–Trinajstić information content (AvgIpc) is 3.95. The van der Waals surface area contributed by atoms with E-state index < -0.39 is 116 Å². The van der Waals surface area contributed by atoms with Crippen molar-refractivity contribution in [1.82, 2.24) is 39.0 Å². The minimum absolute atomic E-state index is 0.0156. The van der Waals surface area contributed by atoms with E-state index in [1.807, 2.05) is 0 Å². The van der Waals surface area contributed by atoms with Crippen LogP contribution in [0.3, 0.4) is 0 Å². The number of imidazole rings is 2. The van der Waals surface area contributed by atoms with Crippen LogP contribution < -0.4 is 17.0 Å². The maximum atomic E-state index is 15.8. The van der Waals surface area contributed by atoms with Crippen molar-refractivity contribution in [2.45, 2.75) is 97.2 Å². The highest BCUT2D eigenvalue weighted by Crippen LogP contribution is 2.73. The molecule has 62 heavy (non-hydrogen) atoms. The van der Waals surface area contributed by atoms with E-state index in [0.29, 0.717) is 11.4 Å². The van der Waals surface area contributed by atoms with Gasteiger partial charge in [-0.05, 0) is 59.3 Å². The second-order valence-electron chi connectivity index (χ2n) is 17.5. The lowest BCUT2D eigenvalue weighted by Gasteiger charge is -2.38. The number of aromatic amines is 1. The normalized spacial score (nSPS) is 32.0. The zero-order valence-electron chi connectivity index (χ0n) is 35.2. The number of hydrogen-bond donors (Lipinski definition) is 4. The van der Waals surface area contributed by atoms with Gasteiger partial charge in [0.1, 0.15) is 36.1 Å². The highest BCUT2D eigenvalue weighted by molar-refractivity contribution is 8.56. The second-order valence-corrected chi connectivity index (χ2v) is 23.8. The molecule has 2 aliphatic heterocycles. The highest BCUT2D eigenvalue weighted by atomic mass is 32.7. The van der Waals surface area contributed by atoms with Crippen molar-refractivity contribution in [3.05, 3.63) is 29.3 Å². The fraction of sp³-hybridized carbons (Fsp3) is 0.657. The monoisotopic (exact) mass is 928 g/mol. The van der Waals surface area contributed by atoms with Crippen molar-refractivity contribution < 1.29 is 60.9 Å². The number of aromatic nitrogens is 8. The summed E-state index contributed by atoms with van der Waals surface area (Å²) in [5.74, 6) is -1.88. The lowest BCUT2D eigenvalue weighted by Crippen LogP contribution is -2.41. The third-order valence-corrected chi connectivity index (χ3v) is 17.2. The van der Waals surface area contributed by atoms with Crippen LogP contribution in [0, 0.1) is 16.2 Å². The van der Waals surface area contributed by atoms with Crippen LogP contribution in [-0.4, -0.2) is 119 Å². The molecule has 0 aromatic carbocycles. The zero-order chi connectivity index (χ0) is 45.2. The van der Waals surface area contributed by atoms with Gasteiger partial charge in [-0.3, -0.25) is 37.5 Å². The molecule has 1 saturated carbocycles. The number of esters is 2. The van der Waals surface area contributed by atoms with Crippen molar-refractivity contribution in [1.29, 1.82) is 0 Å². The van der Waals surface area contributed by atoms with E-state index in [4.69, 9.17) is 48.5 Å². The Kier molecular flexibility index (Phi) is 12.5. The summed E-state index contributed by atoms with van der Waals surface area (Å²) in [5.41, 5.74) is 7.05. The number of nitrogens with one attached hydrogen (secondary N) is 1. The Morgan fingerprint density at radius 1 is 1.00 bits per heavy atom. The van der Waals surface area contributed by atoms with E-state index in [0.717, 1.165) is 0 Å². The van der Waals surface area contributed by atoms with Crippen LogP contribution in [0.1, 0.15) is 67.2 Å². The maximum Gasteiger partial charge on any atom is 0.478 e. The smallest absolute Gasteiger partial charge is 0.454 e. The Hall–Kier alpha value is -4.03. The molecule has 2 bridgehead atoms. The number of phosphoric ester groups is 1. The maximum absolute atomic E-state index is 15.8. The lowest BCUT2D eigenvalue weighted by atomic mass is 9.89. The highest BCUT2D eigenvalue weighted by Gasteiger charge is 2.62. The number of carbonyl (C=O) groups excluding carboxylic acids is 2. The van der Waals surface area contributed by atoms with E-state index in [2.05, 4.69) is 29.9 Å². The van der Waals surface area contributed by atoms with E-state index in [1.54, 1.807) is 53.0 Å². The molecule has 10 atom stereocenters. The molecule has 0 spiro atoms. The summed E-state index contributed by atoms with van der Waals surface area (Å²) >= 11 is 0.678. The van der Waals surface area contributed by atoms with Gasteiger partial charge in [-0.2, -0.15) is 4.98 Å². The Bertz CT molecular complexity index is 2510. The predicted molar refractivity (Wildman–Crippen MR) is 220 cm³/mol. The summed E-state index contributed by atoms with van der Waals surface area (Å²) < 4.78 is 81.6. The summed E-state index contributed by atoms with van der Waals surface area (Å²) in [6.45, 7) is 5.14. The number of nitrogen functional groups attached to an aromatic ring is 2. The molecular weight excluding hydrogens is 878 g/mol. The molecule has 6 N–H and O–H groups in total. The number of anilines is 2. The summed E-state index contributed by atoms with van der Waals surface area (Å²) in [6, 6.07) is -0.914. The van der Waals surface area contributed by atoms with Crippen molar-refractivity contribution in [2.24, 2.45) is 16.2 Å². The van der Waals surface area contributed by atoms with Crippen LogP contribution in [0.4, 0.5) is 11.8 Å².